The Morgan fingerprint density at radius 2 is 2.06 bits per heavy atom. The number of rotatable bonds is 2. The Bertz CT molecular complexity index is 461. The van der Waals surface area contributed by atoms with Gasteiger partial charge in [-0.05, 0) is 52.2 Å². The summed E-state index contributed by atoms with van der Waals surface area (Å²) < 4.78 is 14.5. The van der Waals surface area contributed by atoms with Crippen LogP contribution in [0.2, 0.25) is 0 Å². The summed E-state index contributed by atoms with van der Waals surface area (Å²) in [5, 5.41) is 1.95. The first-order valence-electron chi connectivity index (χ1n) is 4.42. The van der Waals surface area contributed by atoms with Crippen LogP contribution in [0.3, 0.4) is 0 Å². The fourth-order valence-corrected chi connectivity index (χ4v) is 2.63. The highest BCUT2D eigenvalue weighted by Gasteiger charge is 2.14. The molecular formula is C11H10ClFINS. The quantitative estimate of drug-likeness (QED) is 0.797. The van der Waals surface area contributed by atoms with Crippen molar-refractivity contribution < 1.29 is 4.39 Å². The Morgan fingerprint density at radius 3 is 2.69 bits per heavy atom. The minimum Gasteiger partial charge on any atom is -0.320 e. The molecule has 1 aromatic heterocycles. The molecular weight excluding hydrogens is 360 g/mol. The normalized spacial score (nSPS) is 11.9. The Morgan fingerprint density at radius 1 is 1.31 bits per heavy atom. The van der Waals surface area contributed by atoms with E-state index in [0.717, 1.165) is 8.45 Å². The molecule has 1 heterocycles. The van der Waals surface area contributed by atoms with Crippen LogP contribution in [0.1, 0.15) is 16.5 Å². The van der Waals surface area contributed by atoms with Crippen LogP contribution in [-0.2, 0) is 0 Å². The highest BCUT2D eigenvalue weighted by Crippen LogP contribution is 2.26. The highest BCUT2D eigenvalue weighted by atomic mass is 127. The Hall–Kier alpha value is -0.170. The van der Waals surface area contributed by atoms with Crippen LogP contribution in [0.15, 0.2) is 35.7 Å². The summed E-state index contributed by atoms with van der Waals surface area (Å²) in [7, 11) is 0. The van der Waals surface area contributed by atoms with E-state index in [1.807, 2.05) is 17.5 Å². The molecule has 2 N–H and O–H groups in total. The van der Waals surface area contributed by atoms with Gasteiger partial charge >= 0.3 is 0 Å². The van der Waals surface area contributed by atoms with E-state index in [1.54, 1.807) is 23.5 Å². The second-order valence-corrected chi connectivity index (χ2v) is 5.38. The maximum absolute atomic E-state index is 13.5. The zero-order valence-electron chi connectivity index (χ0n) is 8.19. The third-order valence-corrected chi connectivity index (χ3v) is 3.77. The van der Waals surface area contributed by atoms with Gasteiger partial charge < -0.3 is 5.73 Å². The molecule has 0 aliphatic carbocycles. The van der Waals surface area contributed by atoms with E-state index in [4.69, 9.17) is 5.73 Å². The van der Waals surface area contributed by atoms with E-state index in [0.29, 0.717) is 5.56 Å². The predicted octanol–water partition coefficient (Wildman–Crippen LogP) is 3.96. The zero-order chi connectivity index (χ0) is 10.8. The number of halogens is 3. The van der Waals surface area contributed by atoms with Crippen LogP contribution in [0.25, 0.3) is 0 Å². The molecule has 5 heteroatoms. The Balaban J connectivity index is 0.00000128. The number of thiophene rings is 1. The van der Waals surface area contributed by atoms with Crippen LogP contribution < -0.4 is 5.73 Å². The van der Waals surface area contributed by atoms with Crippen LogP contribution in [0.5, 0.6) is 0 Å². The summed E-state index contributed by atoms with van der Waals surface area (Å²) in [6, 6.07) is 8.48. The largest absolute Gasteiger partial charge is 0.320 e. The summed E-state index contributed by atoms with van der Waals surface area (Å²) >= 11 is 3.70. The smallest absolute Gasteiger partial charge is 0.128 e. The fourth-order valence-electron chi connectivity index (χ4n) is 1.37. The lowest BCUT2D eigenvalue weighted by molar-refractivity contribution is 0.600. The van der Waals surface area contributed by atoms with Crippen molar-refractivity contribution >= 4 is 46.3 Å². The highest BCUT2D eigenvalue weighted by molar-refractivity contribution is 14.1. The molecule has 0 saturated heterocycles. The zero-order valence-corrected chi connectivity index (χ0v) is 12.0. The molecule has 0 saturated carbocycles. The molecule has 0 radical (unpaired) electrons. The van der Waals surface area contributed by atoms with Gasteiger partial charge in [0, 0.05) is 14.0 Å². The van der Waals surface area contributed by atoms with Crippen molar-refractivity contribution in [3.05, 3.63) is 55.5 Å². The average Bonchev–Trinajstić information content (AvgIpc) is 2.74. The molecule has 0 aliphatic rings. The topological polar surface area (TPSA) is 26.0 Å². The van der Waals surface area contributed by atoms with Gasteiger partial charge in [-0.2, -0.15) is 0 Å². The lowest BCUT2D eigenvalue weighted by Gasteiger charge is -2.11. The average molecular weight is 370 g/mol. The molecule has 86 valence electrons. The van der Waals surface area contributed by atoms with E-state index in [-0.39, 0.29) is 24.3 Å². The van der Waals surface area contributed by atoms with E-state index < -0.39 is 0 Å². The SMILES string of the molecule is Cl.N[C@@H](c1cccs1)c1cc(I)ccc1F. The summed E-state index contributed by atoms with van der Waals surface area (Å²) in [5.74, 6) is -0.240. The van der Waals surface area contributed by atoms with Gasteiger partial charge in [0.1, 0.15) is 5.82 Å². The Labute approximate surface area is 117 Å². The van der Waals surface area contributed by atoms with Crippen molar-refractivity contribution in [2.75, 3.05) is 0 Å². The van der Waals surface area contributed by atoms with Crippen molar-refractivity contribution in [2.24, 2.45) is 5.73 Å². The molecule has 0 aliphatic heterocycles. The van der Waals surface area contributed by atoms with Gasteiger partial charge in [0.2, 0.25) is 0 Å². The predicted molar refractivity (Wildman–Crippen MR) is 76.7 cm³/mol. The van der Waals surface area contributed by atoms with Crippen molar-refractivity contribution in [1.82, 2.24) is 0 Å². The van der Waals surface area contributed by atoms with Crippen LogP contribution in [-0.4, -0.2) is 0 Å². The number of nitrogens with two attached hydrogens (primary N) is 1. The van der Waals surface area contributed by atoms with Gasteiger partial charge in [0.25, 0.3) is 0 Å². The van der Waals surface area contributed by atoms with Crippen LogP contribution in [0, 0.1) is 9.39 Å². The molecule has 1 nitrogen and oxygen atoms in total. The van der Waals surface area contributed by atoms with Crippen LogP contribution in [0.4, 0.5) is 4.39 Å². The first-order chi connectivity index (χ1) is 7.18. The molecule has 0 amide bonds. The van der Waals surface area contributed by atoms with Crippen molar-refractivity contribution in [2.45, 2.75) is 6.04 Å². The first-order valence-corrected chi connectivity index (χ1v) is 6.38. The second-order valence-electron chi connectivity index (χ2n) is 3.16. The molecule has 2 rings (SSSR count). The van der Waals surface area contributed by atoms with Crippen molar-refractivity contribution in [1.29, 1.82) is 0 Å². The minimum absolute atomic E-state index is 0. The first kappa shape index (κ1) is 13.9. The fraction of sp³-hybridized carbons (Fsp3) is 0.0909. The van der Waals surface area contributed by atoms with Gasteiger partial charge in [-0.1, -0.05) is 6.07 Å². The molecule has 0 fully saturated rings. The number of benzene rings is 1. The minimum atomic E-state index is -0.361. The third kappa shape index (κ3) is 2.94. The lowest BCUT2D eigenvalue weighted by atomic mass is 10.1. The monoisotopic (exact) mass is 369 g/mol. The standard InChI is InChI=1S/C11H9FINS.ClH/c12-9-4-3-7(13)6-8(9)11(14)10-2-1-5-15-10;/h1-6,11H,14H2;1H/t11-;/m1./s1. The molecule has 16 heavy (non-hydrogen) atoms. The molecule has 1 aromatic carbocycles. The van der Waals surface area contributed by atoms with E-state index in [1.165, 1.54) is 6.07 Å². The Kier molecular flexibility index (Phi) is 5.17. The van der Waals surface area contributed by atoms with Gasteiger partial charge in [-0.15, -0.1) is 23.7 Å². The maximum atomic E-state index is 13.5. The van der Waals surface area contributed by atoms with E-state index in [2.05, 4.69) is 22.6 Å². The molecule has 2 aromatic rings. The van der Waals surface area contributed by atoms with Gasteiger partial charge in [0.05, 0.1) is 6.04 Å². The summed E-state index contributed by atoms with van der Waals surface area (Å²) in [4.78, 5) is 0.982. The van der Waals surface area contributed by atoms with Crippen molar-refractivity contribution in [3.8, 4) is 0 Å². The second kappa shape index (κ2) is 5.95. The summed E-state index contributed by atoms with van der Waals surface area (Å²) in [6.07, 6.45) is 0. The third-order valence-electron chi connectivity index (χ3n) is 2.14. The van der Waals surface area contributed by atoms with E-state index >= 15 is 0 Å². The molecule has 1 atom stereocenters. The molecule has 0 spiro atoms. The van der Waals surface area contributed by atoms with Crippen LogP contribution >= 0.6 is 46.3 Å². The summed E-state index contributed by atoms with van der Waals surface area (Å²) in [5.41, 5.74) is 6.56. The number of hydrogen-bond acceptors (Lipinski definition) is 2. The molecule has 0 bridgehead atoms. The molecule has 0 unspecified atom stereocenters. The maximum Gasteiger partial charge on any atom is 0.128 e. The van der Waals surface area contributed by atoms with E-state index in [9.17, 15) is 4.39 Å². The van der Waals surface area contributed by atoms with Crippen molar-refractivity contribution in [3.63, 3.8) is 0 Å². The van der Waals surface area contributed by atoms with Gasteiger partial charge in [-0.25, -0.2) is 4.39 Å². The lowest BCUT2D eigenvalue weighted by Crippen LogP contribution is -2.12. The van der Waals surface area contributed by atoms with Gasteiger partial charge in [-0.3, -0.25) is 0 Å². The number of hydrogen-bond donors (Lipinski definition) is 1. The van der Waals surface area contributed by atoms with Gasteiger partial charge in [0.15, 0.2) is 0 Å². The summed E-state index contributed by atoms with van der Waals surface area (Å²) in [6.45, 7) is 0.